The second-order valence-electron chi connectivity index (χ2n) is 4.31. The molecule has 94 valence electrons. The van der Waals surface area contributed by atoms with Crippen LogP contribution in [0.5, 0.6) is 0 Å². The molecule has 0 saturated heterocycles. The van der Waals surface area contributed by atoms with Gasteiger partial charge in [0.05, 0.1) is 0 Å². The number of rotatable bonds is 2. The number of aromatic nitrogens is 1. The topological polar surface area (TPSA) is 58.9 Å². The molecule has 0 bridgehead atoms. The summed E-state index contributed by atoms with van der Waals surface area (Å²) in [6.07, 6.45) is 1.73. The number of nitrogens with one attached hydrogen (secondary N) is 1. The van der Waals surface area contributed by atoms with Crippen molar-refractivity contribution in [1.82, 2.24) is 4.98 Å². The van der Waals surface area contributed by atoms with Crippen LogP contribution in [-0.2, 0) is 0 Å². The van der Waals surface area contributed by atoms with Gasteiger partial charge in [0.15, 0.2) is 5.78 Å². The molecule has 3 aromatic rings. The van der Waals surface area contributed by atoms with Gasteiger partial charge < -0.3 is 10.7 Å². The van der Waals surface area contributed by atoms with Crippen LogP contribution in [0.4, 0.5) is 5.69 Å². The van der Waals surface area contributed by atoms with Crippen molar-refractivity contribution in [2.24, 2.45) is 0 Å². The molecule has 0 unspecified atom stereocenters. The normalized spacial score (nSPS) is 10.8. The predicted octanol–water partition coefficient (Wildman–Crippen LogP) is 3.74. The average Bonchev–Trinajstić information content (AvgIpc) is 2.82. The SMILES string of the molecule is Nc1cc(Br)ccc1C(=O)c1c[nH]c2ccccc12. The summed E-state index contributed by atoms with van der Waals surface area (Å²) < 4.78 is 0.862. The van der Waals surface area contributed by atoms with E-state index in [4.69, 9.17) is 5.73 Å². The maximum absolute atomic E-state index is 12.5. The lowest BCUT2D eigenvalue weighted by Gasteiger charge is -2.04. The van der Waals surface area contributed by atoms with Crippen LogP contribution < -0.4 is 5.73 Å². The number of hydrogen-bond acceptors (Lipinski definition) is 2. The molecule has 0 fully saturated rings. The van der Waals surface area contributed by atoms with Crippen LogP contribution in [-0.4, -0.2) is 10.8 Å². The molecule has 4 heteroatoms. The van der Waals surface area contributed by atoms with E-state index in [0.717, 1.165) is 15.4 Å². The van der Waals surface area contributed by atoms with E-state index in [9.17, 15) is 4.79 Å². The number of ketones is 1. The number of para-hydroxylation sites is 1. The van der Waals surface area contributed by atoms with E-state index >= 15 is 0 Å². The second-order valence-corrected chi connectivity index (χ2v) is 5.22. The summed E-state index contributed by atoms with van der Waals surface area (Å²) in [5.74, 6) is -0.0672. The third kappa shape index (κ3) is 2.04. The summed E-state index contributed by atoms with van der Waals surface area (Å²) in [6.45, 7) is 0. The van der Waals surface area contributed by atoms with Gasteiger partial charge in [0.2, 0.25) is 0 Å². The molecule has 0 amide bonds. The van der Waals surface area contributed by atoms with Crippen LogP contribution in [0.3, 0.4) is 0 Å². The van der Waals surface area contributed by atoms with Crippen molar-refractivity contribution in [3.05, 3.63) is 64.3 Å². The van der Waals surface area contributed by atoms with Gasteiger partial charge in [-0.2, -0.15) is 0 Å². The number of anilines is 1. The highest BCUT2D eigenvalue weighted by Gasteiger charge is 2.16. The van der Waals surface area contributed by atoms with E-state index in [1.165, 1.54) is 0 Å². The van der Waals surface area contributed by atoms with E-state index in [0.29, 0.717) is 16.8 Å². The first-order valence-electron chi connectivity index (χ1n) is 5.82. The Morgan fingerprint density at radius 2 is 1.89 bits per heavy atom. The fourth-order valence-corrected chi connectivity index (χ4v) is 2.52. The van der Waals surface area contributed by atoms with Crippen LogP contribution in [0.15, 0.2) is 53.1 Å². The molecule has 3 N–H and O–H groups in total. The van der Waals surface area contributed by atoms with Crippen molar-refractivity contribution < 1.29 is 4.79 Å². The first-order chi connectivity index (χ1) is 9.16. The van der Waals surface area contributed by atoms with Crippen LogP contribution >= 0.6 is 15.9 Å². The molecule has 3 nitrogen and oxygen atoms in total. The fraction of sp³-hybridized carbons (Fsp3) is 0. The zero-order valence-corrected chi connectivity index (χ0v) is 11.6. The first kappa shape index (κ1) is 12.0. The van der Waals surface area contributed by atoms with Crippen molar-refractivity contribution in [2.45, 2.75) is 0 Å². The van der Waals surface area contributed by atoms with Crippen molar-refractivity contribution in [2.75, 3.05) is 5.73 Å². The minimum atomic E-state index is -0.0672. The second kappa shape index (κ2) is 4.55. The molecule has 3 rings (SSSR count). The molecule has 0 saturated carbocycles. The Hall–Kier alpha value is -2.07. The van der Waals surface area contributed by atoms with Gasteiger partial charge >= 0.3 is 0 Å². The Labute approximate surface area is 118 Å². The Bertz CT molecular complexity index is 777. The fourth-order valence-electron chi connectivity index (χ4n) is 2.14. The van der Waals surface area contributed by atoms with Gasteiger partial charge in [-0.3, -0.25) is 4.79 Å². The first-order valence-corrected chi connectivity index (χ1v) is 6.62. The number of carbonyl (C=O) groups excluding carboxylic acids is 1. The lowest BCUT2D eigenvalue weighted by molar-refractivity contribution is 0.104. The Morgan fingerprint density at radius 1 is 1.11 bits per heavy atom. The minimum absolute atomic E-state index is 0.0672. The Morgan fingerprint density at radius 3 is 2.68 bits per heavy atom. The third-order valence-corrected chi connectivity index (χ3v) is 3.59. The van der Waals surface area contributed by atoms with E-state index < -0.39 is 0 Å². The van der Waals surface area contributed by atoms with Gasteiger partial charge in [-0.05, 0) is 24.3 Å². The summed E-state index contributed by atoms with van der Waals surface area (Å²) in [4.78, 5) is 15.6. The lowest BCUT2D eigenvalue weighted by atomic mass is 10.0. The number of nitrogens with two attached hydrogens (primary N) is 1. The highest BCUT2D eigenvalue weighted by atomic mass is 79.9. The van der Waals surface area contributed by atoms with E-state index in [-0.39, 0.29) is 5.78 Å². The third-order valence-electron chi connectivity index (χ3n) is 3.09. The number of fused-ring (bicyclic) bond motifs is 1. The molecule has 0 radical (unpaired) electrons. The largest absolute Gasteiger partial charge is 0.398 e. The van der Waals surface area contributed by atoms with Crippen molar-refractivity contribution in [3.63, 3.8) is 0 Å². The van der Waals surface area contributed by atoms with Crippen LogP contribution in [0.25, 0.3) is 10.9 Å². The zero-order valence-electron chi connectivity index (χ0n) is 9.98. The molecule has 0 aliphatic carbocycles. The quantitative estimate of drug-likeness (QED) is 0.559. The van der Waals surface area contributed by atoms with E-state index in [2.05, 4.69) is 20.9 Å². The molecule has 1 heterocycles. The predicted molar refractivity (Wildman–Crippen MR) is 80.3 cm³/mol. The minimum Gasteiger partial charge on any atom is -0.398 e. The maximum atomic E-state index is 12.5. The summed E-state index contributed by atoms with van der Waals surface area (Å²) in [5, 5.41) is 0.912. The molecule has 0 atom stereocenters. The molecular weight excluding hydrogens is 304 g/mol. The molecular formula is C15H11BrN2O. The number of carbonyl (C=O) groups is 1. The number of benzene rings is 2. The Kier molecular flexibility index (Phi) is 2.87. The van der Waals surface area contributed by atoms with Gasteiger partial charge in [0.1, 0.15) is 0 Å². The van der Waals surface area contributed by atoms with Crippen LogP contribution in [0.1, 0.15) is 15.9 Å². The number of hydrogen-bond donors (Lipinski definition) is 2. The average molecular weight is 315 g/mol. The monoisotopic (exact) mass is 314 g/mol. The molecule has 0 aliphatic heterocycles. The lowest BCUT2D eigenvalue weighted by Crippen LogP contribution is -2.04. The van der Waals surface area contributed by atoms with Crippen molar-refractivity contribution in [3.8, 4) is 0 Å². The highest BCUT2D eigenvalue weighted by molar-refractivity contribution is 9.10. The van der Waals surface area contributed by atoms with Gasteiger partial charge in [0.25, 0.3) is 0 Å². The molecule has 19 heavy (non-hydrogen) atoms. The zero-order chi connectivity index (χ0) is 13.4. The standard InChI is InChI=1S/C15H11BrN2O/c16-9-5-6-11(13(17)7-9)15(19)12-8-18-14-4-2-1-3-10(12)14/h1-8,18H,17H2. The molecule has 0 spiro atoms. The molecule has 1 aromatic heterocycles. The van der Waals surface area contributed by atoms with Gasteiger partial charge in [0, 0.05) is 38.4 Å². The molecule has 0 aliphatic rings. The number of halogens is 1. The summed E-state index contributed by atoms with van der Waals surface area (Å²) >= 11 is 3.34. The van der Waals surface area contributed by atoms with E-state index in [1.54, 1.807) is 18.3 Å². The van der Waals surface area contributed by atoms with Crippen molar-refractivity contribution in [1.29, 1.82) is 0 Å². The summed E-state index contributed by atoms with van der Waals surface area (Å²) in [7, 11) is 0. The number of H-pyrrole nitrogens is 1. The van der Waals surface area contributed by atoms with Crippen LogP contribution in [0.2, 0.25) is 0 Å². The number of aromatic amines is 1. The summed E-state index contributed by atoms with van der Waals surface area (Å²) in [6, 6.07) is 13.0. The smallest absolute Gasteiger partial charge is 0.197 e. The van der Waals surface area contributed by atoms with Gasteiger partial charge in [-0.15, -0.1) is 0 Å². The highest BCUT2D eigenvalue weighted by Crippen LogP contribution is 2.25. The van der Waals surface area contributed by atoms with Gasteiger partial charge in [-0.1, -0.05) is 34.1 Å². The maximum Gasteiger partial charge on any atom is 0.197 e. The molecule has 2 aromatic carbocycles. The van der Waals surface area contributed by atoms with E-state index in [1.807, 2.05) is 30.3 Å². The Balaban J connectivity index is 2.13. The number of nitrogen functional groups attached to an aromatic ring is 1. The van der Waals surface area contributed by atoms with Crippen molar-refractivity contribution >= 4 is 38.3 Å². The summed E-state index contributed by atoms with van der Waals surface area (Å²) in [5.41, 5.74) is 8.50. The van der Waals surface area contributed by atoms with Crippen LogP contribution in [0, 0.1) is 0 Å². The van der Waals surface area contributed by atoms with Gasteiger partial charge in [-0.25, -0.2) is 0 Å².